The maximum absolute atomic E-state index is 13.2. The highest BCUT2D eigenvalue weighted by molar-refractivity contribution is 6.01. The molecule has 1 aromatic heterocycles. The molecule has 2 N–H and O–H groups in total. The number of carbonyl (C=O) groups is 2. The summed E-state index contributed by atoms with van der Waals surface area (Å²) in [6.45, 7) is 1.86. The van der Waals surface area contributed by atoms with E-state index in [1.165, 1.54) is 25.3 Å². The van der Waals surface area contributed by atoms with Gasteiger partial charge in [0.2, 0.25) is 0 Å². The highest BCUT2D eigenvalue weighted by Crippen LogP contribution is 2.13. The summed E-state index contributed by atoms with van der Waals surface area (Å²) in [5.74, 6) is -0.382. The molecule has 0 aliphatic heterocycles. The van der Waals surface area contributed by atoms with E-state index in [0.29, 0.717) is 23.5 Å². The van der Waals surface area contributed by atoms with Gasteiger partial charge >= 0.3 is 6.03 Å². The number of rotatable bonds is 5. The zero-order valence-electron chi connectivity index (χ0n) is 14.1. The van der Waals surface area contributed by atoms with Crippen LogP contribution in [-0.4, -0.2) is 21.6 Å². The number of urea groups is 1. The van der Waals surface area contributed by atoms with E-state index in [1.807, 2.05) is 0 Å². The molecular formula is C19H17FN4O2. The van der Waals surface area contributed by atoms with Crippen molar-refractivity contribution in [2.45, 2.75) is 13.5 Å². The van der Waals surface area contributed by atoms with Crippen LogP contribution in [0.1, 0.15) is 22.8 Å². The minimum Gasteiger partial charge on any atom is -0.308 e. The Morgan fingerprint density at radius 1 is 1.08 bits per heavy atom. The smallest absolute Gasteiger partial charge is 0.308 e. The van der Waals surface area contributed by atoms with Crippen LogP contribution in [0.15, 0.2) is 60.9 Å². The summed E-state index contributed by atoms with van der Waals surface area (Å²) in [7, 11) is 0. The molecule has 2 amide bonds. The topological polar surface area (TPSA) is 76.0 Å². The molecule has 0 bridgehead atoms. The van der Waals surface area contributed by atoms with Crippen LogP contribution in [0, 0.1) is 5.82 Å². The molecule has 0 radical (unpaired) electrons. The largest absolute Gasteiger partial charge is 0.323 e. The number of aromatic nitrogens is 2. The second-order valence-electron chi connectivity index (χ2n) is 5.77. The Bertz CT molecular complexity index is 952. The number of hydrogen-bond acceptors (Lipinski definition) is 3. The van der Waals surface area contributed by atoms with Gasteiger partial charge in [0.15, 0.2) is 5.78 Å². The quantitative estimate of drug-likeness (QED) is 0.684. The maximum Gasteiger partial charge on any atom is 0.323 e. The summed E-state index contributed by atoms with van der Waals surface area (Å²) in [6.07, 6.45) is 3.15. The monoisotopic (exact) mass is 352 g/mol. The molecule has 0 aliphatic rings. The van der Waals surface area contributed by atoms with Crippen LogP contribution < -0.4 is 10.6 Å². The van der Waals surface area contributed by atoms with Crippen LogP contribution in [0.4, 0.5) is 20.6 Å². The van der Waals surface area contributed by atoms with E-state index >= 15 is 0 Å². The predicted octanol–water partition coefficient (Wildman–Crippen LogP) is 3.92. The molecule has 132 valence electrons. The summed E-state index contributed by atoms with van der Waals surface area (Å²) in [4.78, 5) is 23.5. The third kappa shape index (κ3) is 4.54. The molecule has 0 saturated heterocycles. The van der Waals surface area contributed by atoms with Crippen LogP contribution in [0.2, 0.25) is 0 Å². The number of nitrogens with zero attached hydrogens (tertiary/aromatic N) is 2. The molecule has 2 aromatic carbocycles. The second kappa shape index (κ2) is 7.60. The number of Topliss-reactive ketones (excluding diaryl/α,β-unsaturated/α-hetero) is 1. The van der Waals surface area contributed by atoms with Gasteiger partial charge in [-0.15, -0.1) is 0 Å². The number of amides is 2. The van der Waals surface area contributed by atoms with Crippen LogP contribution in [-0.2, 0) is 6.54 Å². The van der Waals surface area contributed by atoms with E-state index in [2.05, 4.69) is 15.7 Å². The average molecular weight is 352 g/mol. The summed E-state index contributed by atoms with van der Waals surface area (Å²) >= 11 is 0. The van der Waals surface area contributed by atoms with Gasteiger partial charge in [0.25, 0.3) is 0 Å². The maximum atomic E-state index is 13.2. The Hall–Kier alpha value is -3.48. The molecule has 1 heterocycles. The van der Waals surface area contributed by atoms with Gasteiger partial charge in [0, 0.05) is 17.4 Å². The fourth-order valence-corrected chi connectivity index (χ4v) is 2.45. The molecule has 7 heteroatoms. The lowest BCUT2D eigenvalue weighted by Crippen LogP contribution is -2.19. The predicted molar refractivity (Wildman–Crippen MR) is 96.8 cm³/mol. The van der Waals surface area contributed by atoms with Crippen molar-refractivity contribution < 1.29 is 14.0 Å². The van der Waals surface area contributed by atoms with Gasteiger partial charge in [0.05, 0.1) is 18.4 Å². The van der Waals surface area contributed by atoms with Crippen molar-refractivity contribution >= 4 is 23.2 Å². The Morgan fingerprint density at radius 3 is 2.62 bits per heavy atom. The van der Waals surface area contributed by atoms with E-state index < -0.39 is 6.03 Å². The normalized spacial score (nSPS) is 10.4. The molecule has 6 nitrogen and oxygen atoms in total. The molecule has 0 atom stereocenters. The summed E-state index contributed by atoms with van der Waals surface area (Å²) in [6, 6.07) is 12.5. The van der Waals surface area contributed by atoms with Crippen molar-refractivity contribution in [3.05, 3.63) is 77.9 Å². The van der Waals surface area contributed by atoms with E-state index in [0.717, 1.165) is 5.56 Å². The third-order valence-electron chi connectivity index (χ3n) is 3.65. The molecule has 3 aromatic rings. The lowest BCUT2D eigenvalue weighted by atomic mass is 10.1. The number of halogens is 1. The first-order valence-electron chi connectivity index (χ1n) is 7.95. The van der Waals surface area contributed by atoms with E-state index in [-0.39, 0.29) is 11.6 Å². The Morgan fingerprint density at radius 2 is 1.85 bits per heavy atom. The molecule has 0 saturated carbocycles. The molecular weight excluding hydrogens is 335 g/mol. The number of hydrogen-bond donors (Lipinski definition) is 2. The van der Waals surface area contributed by atoms with Crippen molar-refractivity contribution in [3.63, 3.8) is 0 Å². The van der Waals surface area contributed by atoms with Gasteiger partial charge in [-0.2, -0.15) is 5.10 Å². The first-order valence-corrected chi connectivity index (χ1v) is 7.95. The third-order valence-corrected chi connectivity index (χ3v) is 3.65. The van der Waals surface area contributed by atoms with Crippen LogP contribution in [0.25, 0.3) is 0 Å². The minimum absolute atomic E-state index is 0.0762. The lowest BCUT2D eigenvalue weighted by molar-refractivity contribution is 0.101. The molecule has 0 aliphatic carbocycles. The van der Waals surface area contributed by atoms with Gasteiger partial charge in [-0.3, -0.25) is 9.48 Å². The Kier molecular flexibility index (Phi) is 5.07. The Balaban J connectivity index is 1.61. The van der Waals surface area contributed by atoms with Gasteiger partial charge in [-0.1, -0.05) is 24.3 Å². The van der Waals surface area contributed by atoms with Crippen molar-refractivity contribution in [2.75, 3.05) is 10.6 Å². The van der Waals surface area contributed by atoms with Crippen LogP contribution in [0.3, 0.4) is 0 Å². The van der Waals surface area contributed by atoms with Crippen molar-refractivity contribution in [3.8, 4) is 0 Å². The average Bonchev–Trinajstić information content (AvgIpc) is 3.01. The van der Waals surface area contributed by atoms with Crippen molar-refractivity contribution in [1.29, 1.82) is 0 Å². The van der Waals surface area contributed by atoms with Crippen LogP contribution in [0.5, 0.6) is 0 Å². The number of benzene rings is 2. The van der Waals surface area contributed by atoms with Gasteiger partial charge < -0.3 is 10.6 Å². The standard InChI is InChI=1S/C19H17FN4O2/c1-13(25)15-5-3-7-17(9-15)22-19(26)23-18-10-21-24(12-18)11-14-4-2-6-16(20)8-14/h2-10,12H,11H2,1H3,(H2,22,23,26). The molecule has 26 heavy (non-hydrogen) atoms. The first-order chi connectivity index (χ1) is 12.5. The summed E-state index contributed by atoms with van der Waals surface area (Å²) in [5.41, 5.74) is 2.31. The minimum atomic E-state index is -0.448. The fourth-order valence-electron chi connectivity index (χ4n) is 2.45. The second-order valence-corrected chi connectivity index (χ2v) is 5.77. The summed E-state index contributed by atoms with van der Waals surface area (Å²) in [5, 5.41) is 9.47. The van der Waals surface area contributed by atoms with Crippen LogP contribution >= 0.6 is 0 Å². The highest BCUT2D eigenvalue weighted by Gasteiger charge is 2.07. The molecule has 3 rings (SSSR count). The van der Waals surface area contributed by atoms with E-state index in [4.69, 9.17) is 0 Å². The number of carbonyl (C=O) groups excluding carboxylic acids is 2. The van der Waals surface area contributed by atoms with Crippen molar-refractivity contribution in [1.82, 2.24) is 9.78 Å². The van der Waals surface area contributed by atoms with E-state index in [1.54, 1.807) is 47.3 Å². The zero-order valence-corrected chi connectivity index (χ0v) is 14.1. The number of anilines is 2. The number of ketones is 1. The zero-order chi connectivity index (χ0) is 18.5. The van der Waals surface area contributed by atoms with Crippen molar-refractivity contribution in [2.24, 2.45) is 0 Å². The SMILES string of the molecule is CC(=O)c1cccc(NC(=O)Nc2cnn(Cc3cccc(F)c3)c2)c1. The molecule has 0 unspecified atom stereocenters. The molecule has 0 spiro atoms. The number of nitrogens with one attached hydrogen (secondary N) is 2. The fraction of sp³-hybridized carbons (Fsp3) is 0.105. The lowest BCUT2D eigenvalue weighted by Gasteiger charge is -2.07. The summed E-state index contributed by atoms with van der Waals surface area (Å²) < 4.78 is 14.8. The first kappa shape index (κ1) is 17.3. The highest BCUT2D eigenvalue weighted by atomic mass is 19.1. The van der Waals surface area contributed by atoms with E-state index in [9.17, 15) is 14.0 Å². The van der Waals surface area contributed by atoms with Gasteiger partial charge in [-0.05, 0) is 36.8 Å². The Labute approximate surface area is 149 Å². The van der Waals surface area contributed by atoms with Gasteiger partial charge in [-0.25, -0.2) is 9.18 Å². The van der Waals surface area contributed by atoms with Gasteiger partial charge in [0.1, 0.15) is 5.82 Å². The molecule has 0 fully saturated rings.